The van der Waals surface area contributed by atoms with Crippen molar-refractivity contribution in [2.75, 3.05) is 20.7 Å². The summed E-state index contributed by atoms with van der Waals surface area (Å²) in [5, 5.41) is 90.6. The van der Waals surface area contributed by atoms with Crippen molar-refractivity contribution in [3.8, 4) is 0 Å². The molecule has 63 heavy (non-hydrogen) atoms. The summed E-state index contributed by atoms with van der Waals surface area (Å²) in [5.74, 6) is -4.77. The highest BCUT2D eigenvalue weighted by Gasteiger charge is 2.56. The number of hydrogen-bond acceptors (Lipinski definition) is 15. The van der Waals surface area contributed by atoms with Crippen molar-refractivity contribution >= 4 is 5.97 Å². The van der Waals surface area contributed by atoms with Gasteiger partial charge in [-0.2, -0.15) is 0 Å². The molecule has 0 saturated carbocycles. The average Bonchev–Trinajstić information content (AvgIpc) is 3.23. The number of nitrogens with zero attached hydrogens (tertiary/aromatic N) is 1. The molecule has 4 aliphatic rings. The first-order valence-electron chi connectivity index (χ1n) is 23.9. The van der Waals surface area contributed by atoms with E-state index in [1.54, 1.807) is 0 Å². The van der Waals surface area contributed by atoms with Crippen molar-refractivity contribution in [2.24, 2.45) is 35.5 Å². The number of esters is 1. The van der Waals surface area contributed by atoms with Gasteiger partial charge in [-0.25, -0.2) is 4.79 Å². The van der Waals surface area contributed by atoms with E-state index in [0.29, 0.717) is 44.9 Å². The number of fused-ring (bicyclic) bond motifs is 2. The Balaban J connectivity index is 1.70. The summed E-state index contributed by atoms with van der Waals surface area (Å²) < 4.78 is 32.4. The van der Waals surface area contributed by atoms with E-state index in [9.17, 15) is 45.6 Å². The van der Waals surface area contributed by atoms with Crippen LogP contribution in [-0.2, 0) is 28.5 Å². The third-order valence-corrected chi connectivity index (χ3v) is 14.7. The summed E-state index contributed by atoms with van der Waals surface area (Å²) >= 11 is 0. The van der Waals surface area contributed by atoms with Crippen LogP contribution >= 0.6 is 0 Å². The number of hydrogen-bond donors (Lipinski definition) is 8. The van der Waals surface area contributed by atoms with Gasteiger partial charge < -0.3 is 69.4 Å². The fourth-order valence-corrected chi connectivity index (χ4v) is 10.5. The maximum Gasteiger partial charge on any atom is 0.330 e. The van der Waals surface area contributed by atoms with E-state index in [1.807, 2.05) is 72.7 Å². The first kappa shape index (κ1) is 54.0. The van der Waals surface area contributed by atoms with Crippen molar-refractivity contribution in [2.45, 2.75) is 217 Å². The highest BCUT2D eigenvalue weighted by atomic mass is 16.7. The number of likely N-dealkylation sites (N-methyl/N-ethyl adjacent to an activating group) is 1. The van der Waals surface area contributed by atoms with E-state index >= 15 is 0 Å². The standard InChI is InChI=1S/C48H85NO14/c1-11-34(51)23-35-18-15-20-48(62-35)31(6)44-29(4)38(63-48)24-36(52)33(22-27(2)26-50)17-14-12-13-16-28(3)42(55)45(61-40-25-37(53)41(49(9)10)32(7)59-40)43(56)30(5)46(57)47(8,58)21-19-39(54)60-44/h14,17,19,21,27-38,40-46,50-53,55-58H,11-13,15-16,18,20,22-26H2,1-10H3/b17-14+,21-19-/t27-,28-,29-,30-,31+,32-,33-,34-,35+,36-,37-,38-,40-,41+,42+,43+,44-,45+,46-,47+,48+/m0/s1. The molecule has 21 atom stereocenters. The van der Waals surface area contributed by atoms with Crippen LogP contribution in [0.25, 0.3) is 0 Å². The molecule has 366 valence electrons. The summed E-state index contributed by atoms with van der Waals surface area (Å²) in [6.07, 6.45) is 0.704. The van der Waals surface area contributed by atoms with E-state index in [0.717, 1.165) is 25.0 Å². The molecule has 0 amide bonds. The first-order valence-corrected chi connectivity index (χ1v) is 23.9. The van der Waals surface area contributed by atoms with E-state index in [-0.39, 0.29) is 43.4 Å². The SMILES string of the molecule is CC[C@H](O)C[C@H]1CCC[C@@]2(O1)O[C@H]1C[C@H](O)[C@H](C[C@H](C)CO)/C=C/CCC[C@H](C)[C@@H](O)[C@@H](O[C@H]3C[C@H](O)[C@H](N(C)C)[C@H](C)O3)[C@H](O)[C@H](C)[C@H](O)[C@](C)(O)/C=C\C(=O)O[C@@H]([C@H]1C)[C@H]2C. The van der Waals surface area contributed by atoms with Gasteiger partial charge in [0.2, 0.25) is 0 Å². The molecule has 0 aliphatic carbocycles. The molecule has 0 aromatic carbocycles. The molecule has 4 aliphatic heterocycles. The number of carbonyl (C=O) groups excluding carboxylic acids is 1. The Hall–Kier alpha value is -1.57. The third-order valence-electron chi connectivity index (χ3n) is 14.7. The lowest BCUT2D eigenvalue weighted by Gasteiger charge is -2.54. The van der Waals surface area contributed by atoms with Crippen molar-refractivity contribution < 1.29 is 69.3 Å². The maximum absolute atomic E-state index is 13.8. The van der Waals surface area contributed by atoms with Crippen LogP contribution in [0.4, 0.5) is 0 Å². The lowest BCUT2D eigenvalue weighted by Crippen LogP contribution is -2.62. The minimum Gasteiger partial charge on any atom is -0.458 e. The Morgan fingerprint density at radius 1 is 0.937 bits per heavy atom. The summed E-state index contributed by atoms with van der Waals surface area (Å²) in [6, 6.07) is -0.306. The smallest absolute Gasteiger partial charge is 0.330 e. The van der Waals surface area contributed by atoms with Gasteiger partial charge in [0.05, 0.1) is 61.0 Å². The fourth-order valence-electron chi connectivity index (χ4n) is 10.5. The number of carbonyl (C=O) groups is 1. The monoisotopic (exact) mass is 900 g/mol. The molecular formula is C48H85NO14. The molecule has 0 aromatic heterocycles. The van der Waals surface area contributed by atoms with Gasteiger partial charge >= 0.3 is 5.97 Å². The van der Waals surface area contributed by atoms with Crippen LogP contribution in [0, 0.1) is 35.5 Å². The fraction of sp³-hybridized carbons (Fsp3) is 0.896. The van der Waals surface area contributed by atoms with Gasteiger partial charge in [-0.3, -0.25) is 0 Å². The van der Waals surface area contributed by atoms with Crippen LogP contribution in [0.2, 0.25) is 0 Å². The highest BCUT2D eigenvalue weighted by Crippen LogP contribution is 2.48. The number of rotatable bonds is 9. The second-order valence-corrected chi connectivity index (χ2v) is 20.2. The van der Waals surface area contributed by atoms with Gasteiger partial charge in [0, 0.05) is 55.6 Å². The van der Waals surface area contributed by atoms with Crippen molar-refractivity contribution in [3.63, 3.8) is 0 Å². The van der Waals surface area contributed by atoms with Gasteiger partial charge in [0.1, 0.15) is 17.8 Å². The molecule has 1 spiro atoms. The lowest BCUT2D eigenvalue weighted by molar-refractivity contribution is -0.366. The van der Waals surface area contributed by atoms with Crippen molar-refractivity contribution in [3.05, 3.63) is 24.3 Å². The van der Waals surface area contributed by atoms with Gasteiger partial charge in [-0.1, -0.05) is 53.7 Å². The highest BCUT2D eigenvalue weighted by molar-refractivity contribution is 5.82. The zero-order valence-electron chi connectivity index (χ0n) is 39.7. The van der Waals surface area contributed by atoms with Crippen LogP contribution in [0.5, 0.6) is 0 Å². The Bertz CT molecular complexity index is 1440. The van der Waals surface area contributed by atoms with Crippen molar-refractivity contribution in [1.82, 2.24) is 4.90 Å². The normalized spacial score (nSPS) is 46.3. The molecule has 3 saturated heterocycles. The van der Waals surface area contributed by atoms with Crippen LogP contribution in [0.1, 0.15) is 126 Å². The molecule has 0 aromatic rings. The second kappa shape index (κ2) is 23.9. The topological polar surface area (TPSA) is 228 Å². The third kappa shape index (κ3) is 14.0. The molecule has 15 heteroatoms. The van der Waals surface area contributed by atoms with Crippen LogP contribution in [0.15, 0.2) is 24.3 Å². The van der Waals surface area contributed by atoms with E-state index in [4.69, 9.17) is 23.7 Å². The molecular weight excluding hydrogens is 815 g/mol. The minimum absolute atomic E-state index is 0.0502. The van der Waals surface area contributed by atoms with Crippen LogP contribution in [0.3, 0.4) is 0 Å². The number of ether oxygens (including phenoxy) is 5. The van der Waals surface area contributed by atoms with Crippen LogP contribution in [-0.4, -0.2) is 163 Å². The quantitative estimate of drug-likeness (QED) is 0.122. The first-order chi connectivity index (χ1) is 29.5. The maximum atomic E-state index is 13.8. The molecule has 0 radical (unpaired) electrons. The summed E-state index contributed by atoms with van der Waals surface area (Å²) in [7, 11) is 3.69. The number of allylic oxidation sites excluding steroid dienone is 1. The van der Waals surface area contributed by atoms with Gasteiger partial charge in [-0.05, 0) is 97.2 Å². The van der Waals surface area contributed by atoms with E-state index in [2.05, 4.69) is 0 Å². The molecule has 2 bridgehead atoms. The predicted molar refractivity (Wildman–Crippen MR) is 237 cm³/mol. The number of aliphatic hydroxyl groups excluding tert-OH is 7. The Morgan fingerprint density at radius 2 is 1.63 bits per heavy atom. The molecule has 3 fully saturated rings. The zero-order valence-corrected chi connectivity index (χ0v) is 39.7. The number of aliphatic hydroxyl groups is 8. The molecule has 0 unspecified atom stereocenters. The Labute approximate surface area is 376 Å². The largest absolute Gasteiger partial charge is 0.458 e. The predicted octanol–water partition coefficient (Wildman–Crippen LogP) is 3.59. The minimum atomic E-state index is -2.06. The van der Waals surface area contributed by atoms with Crippen molar-refractivity contribution in [1.29, 1.82) is 0 Å². The molecule has 4 rings (SSSR count). The molecule has 8 N–H and O–H groups in total. The van der Waals surface area contributed by atoms with Crippen LogP contribution < -0.4 is 0 Å². The average molecular weight is 900 g/mol. The zero-order chi connectivity index (χ0) is 47.0. The molecule has 15 nitrogen and oxygen atoms in total. The lowest BCUT2D eigenvalue weighted by atomic mass is 9.75. The van der Waals surface area contributed by atoms with Gasteiger partial charge in [0.25, 0.3) is 0 Å². The van der Waals surface area contributed by atoms with E-state index in [1.165, 1.54) is 13.8 Å². The molecule has 4 heterocycles. The summed E-state index contributed by atoms with van der Waals surface area (Å²) in [6.45, 7) is 14.1. The Morgan fingerprint density at radius 3 is 2.27 bits per heavy atom. The van der Waals surface area contributed by atoms with E-state index < -0.39 is 108 Å². The Kier molecular flexibility index (Phi) is 20.5. The van der Waals surface area contributed by atoms with Gasteiger partial charge in [0.15, 0.2) is 12.1 Å². The van der Waals surface area contributed by atoms with Gasteiger partial charge in [-0.15, -0.1) is 0 Å². The summed E-state index contributed by atoms with van der Waals surface area (Å²) in [4.78, 5) is 15.7. The summed E-state index contributed by atoms with van der Waals surface area (Å²) in [5.41, 5.74) is -2.06. The second-order valence-electron chi connectivity index (χ2n) is 20.2.